The molecule has 0 spiro atoms. The number of carbonyl (C=O) groups excluding carboxylic acids is 2. The molecular formula is C13H16Cl2N4O4. The molecule has 1 aliphatic rings. The fraction of sp³-hybridized carbons (Fsp3) is 0.538. The van der Waals surface area contributed by atoms with Crippen LogP contribution in [0.25, 0.3) is 0 Å². The molecule has 2 rings (SSSR count). The summed E-state index contributed by atoms with van der Waals surface area (Å²) in [6.45, 7) is 1.61. The number of hydrogen-bond acceptors (Lipinski definition) is 5. The highest BCUT2D eigenvalue weighted by Crippen LogP contribution is 2.14. The van der Waals surface area contributed by atoms with Crippen molar-refractivity contribution in [2.75, 3.05) is 39.9 Å². The largest absolute Gasteiger partial charge is 0.378 e. The van der Waals surface area contributed by atoms with Gasteiger partial charge in [-0.15, -0.1) is 0 Å². The van der Waals surface area contributed by atoms with Crippen LogP contribution < -0.4 is 5.56 Å². The number of ether oxygens (including phenoxy) is 1. The van der Waals surface area contributed by atoms with E-state index >= 15 is 0 Å². The Bertz CT molecular complexity index is 658. The third kappa shape index (κ3) is 4.43. The summed E-state index contributed by atoms with van der Waals surface area (Å²) in [7, 11) is 1.49. The lowest BCUT2D eigenvalue weighted by Gasteiger charge is -2.28. The fourth-order valence-corrected chi connectivity index (χ4v) is 2.28. The topological polar surface area (TPSA) is 84.7 Å². The van der Waals surface area contributed by atoms with E-state index in [-0.39, 0.29) is 29.0 Å². The molecule has 0 bridgehead atoms. The van der Waals surface area contributed by atoms with Gasteiger partial charge in [-0.1, -0.05) is 23.2 Å². The summed E-state index contributed by atoms with van der Waals surface area (Å²) in [5, 5.41) is 3.59. The SMILES string of the molecule is CN(CC(=O)N1CCOCC1)C(=O)Cn1ncc(Cl)c(Cl)c1=O. The first kappa shape index (κ1) is 17.7. The van der Waals surface area contributed by atoms with E-state index in [4.69, 9.17) is 27.9 Å². The van der Waals surface area contributed by atoms with Gasteiger partial charge in [-0.05, 0) is 0 Å². The molecule has 2 heterocycles. The van der Waals surface area contributed by atoms with E-state index in [2.05, 4.69) is 5.10 Å². The van der Waals surface area contributed by atoms with Gasteiger partial charge in [-0.25, -0.2) is 4.68 Å². The van der Waals surface area contributed by atoms with Crippen molar-refractivity contribution in [2.45, 2.75) is 6.54 Å². The van der Waals surface area contributed by atoms with Gasteiger partial charge >= 0.3 is 0 Å². The number of morpholine rings is 1. The number of carbonyl (C=O) groups is 2. The minimum atomic E-state index is -0.652. The molecule has 0 N–H and O–H groups in total. The van der Waals surface area contributed by atoms with Gasteiger partial charge in [0, 0.05) is 20.1 Å². The van der Waals surface area contributed by atoms with Crippen LogP contribution in [-0.2, 0) is 20.9 Å². The molecule has 126 valence electrons. The van der Waals surface area contributed by atoms with Gasteiger partial charge in [0.15, 0.2) is 0 Å². The second-order valence-electron chi connectivity index (χ2n) is 5.01. The lowest BCUT2D eigenvalue weighted by molar-refractivity contribution is -0.142. The predicted molar refractivity (Wildman–Crippen MR) is 83.6 cm³/mol. The summed E-state index contributed by atoms with van der Waals surface area (Å²) in [5.41, 5.74) is -0.652. The summed E-state index contributed by atoms with van der Waals surface area (Å²) in [5.74, 6) is -0.599. The van der Waals surface area contributed by atoms with Gasteiger partial charge < -0.3 is 14.5 Å². The van der Waals surface area contributed by atoms with Crippen molar-refractivity contribution in [2.24, 2.45) is 0 Å². The Hall–Kier alpha value is -1.64. The van der Waals surface area contributed by atoms with E-state index in [1.807, 2.05) is 0 Å². The van der Waals surface area contributed by atoms with E-state index < -0.39 is 11.5 Å². The smallest absolute Gasteiger partial charge is 0.287 e. The highest BCUT2D eigenvalue weighted by molar-refractivity contribution is 6.41. The number of hydrogen-bond donors (Lipinski definition) is 0. The Kier molecular flexibility index (Phi) is 5.97. The first-order valence-electron chi connectivity index (χ1n) is 6.90. The van der Waals surface area contributed by atoms with Crippen LogP contribution in [0.15, 0.2) is 11.0 Å². The first-order valence-corrected chi connectivity index (χ1v) is 7.66. The third-order valence-electron chi connectivity index (χ3n) is 3.39. The lowest BCUT2D eigenvalue weighted by atomic mass is 10.3. The van der Waals surface area contributed by atoms with Crippen molar-refractivity contribution in [3.8, 4) is 0 Å². The van der Waals surface area contributed by atoms with Crippen LogP contribution >= 0.6 is 23.2 Å². The number of likely N-dealkylation sites (N-methyl/N-ethyl adjacent to an activating group) is 1. The molecule has 8 nitrogen and oxygen atoms in total. The Morgan fingerprint density at radius 2 is 2.00 bits per heavy atom. The average molecular weight is 363 g/mol. The minimum Gasteiger partial charge on any atom is -0.378 e. The molecule has 0 aromatic carbocycles. The van der Waals surface area contributed by atoms with Crippen LogP contribution in [0.3, 0.4) is 0 Å². The normalized spacial score (nSPS) is 14.7. The van der Waals surface area contributed by atoms with Crippen molar-refractivity contribution >= 4 is 35.0 Å². The summed E-state index contributed by atoms with van der Waals surface area (Å²) in [6, 6.07) is 0. The van der Waals surface area contributed by atoms with Crippen LogP contribution in [0.5, 0.6) is 0 Å². The highest BCUT2D eigenvalue weighted by Gasteiger charge is 2.21. The van der Waals surface area contributed by atoms with Gasteiger partial charge in [0.1, 0.15) is 11.6 Å². The zero-order valence-electron chi connectivity index (χ0n) is 12.5. The Morgan fingerprint density at radius 1 is 1.35 bits per heavy atom. The number of rotatable bonds is 4. The van der Waals surface area contributed by atoms with Gasteiger partial charge in [0.05, 0.1) is 31.0 Å². The summed E-state index contributed by atoms with van der Waals surface area (Å²) >= 11 is 11.4. The average Bonchev–Trinajstić information content (AvgIpc) is 2.56. The number of halogens is 2. The van der Waals surface area contributed by atoms with Gasteiger partial charge in [-0.3, -0.25) is 14.4 Å². The van der Waals surface area contributed by atoms with Crippen molar-refractivity contribution < 1.29 is 14.3 Å². The van der Waals surface area contributed by atoms with E-state index in [0.717, 1.165) is 4.68 Å². The standard InChI is InChI=1S/C13H16Cl2N4O4/c1-17(7-11(21)18-2-4-23-5-3-18)10(20)8-19-13(22)12(15)9(14)6-16-19/h6H,2-5,7-8H2,1H3. The molecule has 0 saturated carbocycles. The van der Waals surface area contributed by atoms with Crippen LogP contribution in [0.2, 0.25) is 10.0 Å². The monoisotopic (exact) mass is 362 g/mol. The van der Waals surface area contributed by atoms with Crippen molar-refractivity contribution in [3.63, 3.8) is 0 Å². The maximum absolute atomic E-state index is 12.1. The Balaban J connectivity index is 1.96. The summed E-state index contributed by atoms with van der Waals surface area (Å²) < 4.78 is 6.08. The second-order valence-corrected chi connectivity index (χ2v) is 5.80. The molecule has 1 aromatic rings. The number of aromatic nitrogens is 2. The van der Waals surface area contributed by atoms with E-state index in [9.17, 15) is 14.4 Å². The van der Waals surface area contributed by atoms with Crippen molar-refractivity contribution in [1.29, 1.82) is 0 Å². The Labute approximate surface area is 142 Å². The second kappa shape index (κ2) is 7.76. The Morgan fingerprint density at radius 3 is 2.65 bits per heavy atom. The highest BCUT2D eigenvalue weighted by atomic mass is 35.5. The van der Waals surface area contributed by atoms with Crippen molar-refractivity contribution in [3.05, 3.63) is 26.6 Å². The summed E-state index contributed by atoms with van der Waals surface area (Å²) in [4.78, 5) is 38.9. The molecule has 0 radical (unpaired) electrons. The molecule has 0 unspecified atom stereocenters. The molecule has 1 saturated heterocycles. The molecule has 2 amide bonds. The first-order chi connectivity index (χ1) is 10.9. The predicted octanol–water partition coefficient (Wildman–Crippen LogP) is -0.133. The molecular weight excluding hydrogens is 347 g/mol. The molecule has 0 aliphatic carbocycles. The maximum atomic E-state index is 12.1. The van der Waals surface area contributed by atoms with E-state index in [0.29, 0.717) is 26.3 Å². The molecule has 1 fully saturated rings. The molecule has 0 atom stereocenters. The molecule has 1 aliphatic heterocycles. The minimum absolute atomic E-state index is 0.0243. The van der Waals surface area contributed by atoms with Crippen LogP contribution in [0, 0.1) is 0 Å². The van der Waals surface area contributed by atoms with Crippen LogP contribution in [0.1, 0.15) is 0 Å². The van der Waals surface area contributed by atoms with Crippen molar-refractivity contribution in [1.82, 2.24) is 19.6 Å². The van der Waals surface area contributed by atoms with Gasteiger partial charge in [0.2, 0.25) is 11.8 Å². The molecule has 10 heteroatoms. The van der Waals surface area contributed by atoms with Crippen LogP contribution in [-0.4, -0.2) is 71.3 Å². The van der Waals surface area contributed by atoms with Gasteiger partial charge in [0.25, 0.3) is 5.56 Å². The number of amides is 2. The van der Waals surface area contributed by atoms with E-state index in [1.54, 1.807) is 4.90 Å². The zero-order valence-corrected chi connectivity index (χ0v) is 14.0. The maximum Gasteiger partial charge on any atom is 0.287 e. The fourth-order valence-electron chi connectivity index (χ4n) is 2.01. The number of nitrogens with zero attached hydrogens (tertiary/aromatic N) is 4. The van der Waals surface area contributed by atoms with Crippen LogP contribution in [0.4, 0.5) is 0 Å². The molecule has 23 heavy (non-hydrogen) atoms. The molecule has 1 aromatic heterocycles. The third-order valence-corrected chi connectivity index (χ3v) is 4.14. The lowest BCUT2D eigenvalue weighted by Crippen LogP contribution is -2.47. The quantitative estimate of drug-likeness (QED) is 0.744. The van der Waals surface area contributed by atoms with E-state index in [1.165, 1.54) is 18.1 Å². The zero-order chi connectivity index (χ0) is 17.0. The summed E-state index contributed by atoms with van der Waals surface area (Å²) in [6.07, 6.45) is 1.19. The van der Waals surface area contributed by atoms with Gasteiger partial charge in [-0.2, -0.15) is 5.10 Å².